The maximum absolute atomic E-state index is 14.7. The van der Waals surface area contributed by atoms with Crippen molar-refractivity contribution < 1.29 is 32.7 Å². The maximum Gasteiger partial charge on any atom is 0.414 e. The van der Waals surface area contributed by atoms with Crippen molar-refractivity contribution in [2.75, 3.05) is 31.1 Å². The molecule has 2 aromatic rings. The first-order valence-corrected chi connectivity index (χ1v) is 10.4. The normalized spacial score (nSPS) is 19.1. The van der Waals surface area contributed by atoms with Gasteiger partial charge in [-0.1, -0.05) is 0 Å². The molecule has 2 aliphatic heterocycles. The molecule has 0 bridgehead atoms. The molecule has 3 heterocycles. The fraction of sp³-hybridized carbons (Fsp3) is 0.409. The average molecular weight is 445 g/mol. The van der Waals surface area contributed by atoms with E-state index in [2.05, 4.69) is 5.32 Å². The number of carbonyl (C=O) groups excluding carboxylic acids is 3. The molecule has 3 amide bonds. The lowest BCUT2D eigenvalue weighted by Gasteiger charge is -2.31. The highest BCUT2D eigenvalue weighted by Gasteiger charge is 2.33. The SMILES string of the molecule is CC(=O)NC[C@H]1CN(c2ccc(OC3CCN(C(=O)c4ccco4)CC3)c(F)c2)C(=O)O1. The van der Waals surface area contributed by atoms with Crippen LogP contribution in [-0.2, 0) is 9.53 Å². The largest absolute Gasteiger partial charge is 0.487 e. The third-order valence-electron chi connectivity index (χ3n) is 5.43. The highest BCUT2D eigenvalue weighted by Crippen LogP contribution is 2.29. The van der Waals surface area contributed by atoms with Gasteiger partial charge in [0.1, 0.15) is 12.2 Å². The van der Waals surface area contributed by atoms with Crippen LogP contribution in [0.3, 0.4) is 0 Å². The number of hydrogen-bond acceptors (Lipinski definition) is 6. The van der Waals surface area contributed by atoms with Gasteiger partial charge in [-0.2, -0.15) is 0 Å². The molecule has 0 radical (unpaired) electrons. The summed E-state index contributed by atoms with van der Waals surface area (Å²) < 4.78 is 30.9. The molecule has 4 rings (SSSR count). The second kappa shape index (κ2) is 9.29. The first-order valence-electron chi connectivity index (χ1n) is 10.4. The minimum atomic E-state index is -0.595. The van der Waals surface area contributed by atoms with E-state index in [9.17, 15) is 18.8 Å². The van der Waals surface area contributed by atoms with Gasteiger partial charge < -0.3 is 24.1 Å². The molecule has 9 nitrogen and oxygen atoms in total. The van der Waals surface area contributed by atoms with E-state index < -0.39 is 18.0 Å². The number of ether oxygens (including phenoxy) is 2. The third-order valence-corrected chi connectivity index (χ3v) is 5.43. The smallest absolute Gasteiger partial charge is 0.414 e. The molecule has 10 heteroatoms. The molecule has 1 aromatic carbocycles. The fourth-order valence-corrected chi connectivity index (χ4v) is 3.76. The van der Waals surface area contributed by atoms with E-state index in [1.165, 1.54) is 30.2 Å². The summed E-state index contributed by atoms with van der Waals surface area (Å²) in [5, 5.41) is 2.60. The van der Waals surface area contributed by atoms with Gasteiger partial charge in [0.2, 0.25) is 5.91 Å². The van der Waals surface area contributed by atoms with Gasteiger partial charge in [0.05, 0.1) is 25.0 Å². The Bertz CT molecular complexity index is 988. The predicted molar refractivity (Wildman–Crippen MR) is 111 cm³/mol. The number of anilines is 1. The average Bonchev–Trinajstić information content (AvgIpc) is 3.44. The van der Waals surface area contributed by atoms with E-state index in [4.69, 9.17) is 13.9 Å². The molecule has 0 aliphatic carbocycles. The minimum absolute atomic E-state index is 0.0897. The van der Waals surface area contributed by atoms with Gasteiger partial charge in [-0.3, -0.25) is 14.5 Å². The number of hydrogen-bond donors (Lipinski definition) is 1. The van der Waals surface area contributed by atoms with Gasteiger partial charge in [-0.15, -0.1) is 0 Å². The van der Waals surface area contributed by atoms with E-state index in [1.807, 2.05) is 0 Å². The Balaban J connectivity index is 1.32. The molecule has 32 heavy (non-hydrogen) atoms. The molecule has 0 unspecified atom stereocenters. The molecule has 2 aliphatic rings. The number of amides is 3. The molecule has 1 aromatic heterocycles. The van der Waals surface area contributed by atoms with Crippen LogP contribution >= 0.6 is 0 Å². The summed E-state index contributed by atoms with van der Waals surface area (Å²) in [6.45, 7) is 2.76. The molecular weight excluding hydrogens is 421 g/mol. The summed E-state index contributed by atoms with van der Waals surface area (Å²) in [7, 11) is 0. The first kappa shape index (κ1) is 21.7. The summed E-state index contributed by atoms with van der Waals surface area (Å²) in [6, 6.07) is 7.60. The maximum atomic E-state index is 14.7. The van der Waals surface area contributed by atoms with Crippen LogP contribution in [0.2, 0.25) is 0 Å². The van der Waals surface area contributed by atoms with Crippen molar-refractivity contribution in [1.82, 2.24) is 10.2 Å². The molecule has 0 spiro atoms. The Morgan fingerprint density at radius 3 is 2.69 bits per heavy atom. The predicted octanol–water partition coefficient (Wildman–Crippen LogP) is 2.56. The quantitative estimate of drug-likeness (QED) is 0.734. The van der Waals surface area contributed by atoms with Gasteiger partial charge in [0.15, 0.2) is 17.3 Å². The third kappa shape index (κ3) is 4.84. The molecule has 1 atom stereocenters. The summed E-state index contributed by atoms with van der Waals surface area (Å²) in [5.41, 5.74) is 0.351. The number of nitrogens with one attached hydrogen (secondary N) is 1. The van der Waals surface area contributed by atoms with Gasteiger partial charge in [-0.05, 0) is 24.3 Å². The zero-order valence-corrected chi connectivity index (χ0v) is 17.6. The highest BCUT2D eigenvalue weighted by atomic mass is 19.1. The van der Waals surface area contributed by atoms with Crippen LogP contribution in [0.4, 0.5) is 14.9 Å². The van der Waals surface area contributed by atoms with Crippen LogP contribution in [0.5, 0.6) is 5.75 Å². The van der Waals surface area contributed by atoms with Gasteiger partial charge in [0.25, 0.3) is 5.91 Å². The van der Waals surface area contributed by atoms with Crippen LogP contribution in [0.15, 0.2) is 41.0 Å². The monoisotopic (exact) mass is 445 g/mol. The Labute approximate surface area is 184 Å². The van der Waals surface area contributed by atoms with Crippen LogP contribution in [-0.4, -0.2) is 61.2 Å². The van der Waals surface area contributed by atoms with Crippen LogP contribution in [0, 0.1) is 5.82 Å². The van der Waals surface area contributed by atoms with Crippen molar-refractivity contribution in [1.29, 1.82) is 0 Å². The summed E-state index contributed by atoms with van der Waals surface area (Å²) in [4.78, 5) is 38.5. The Morgan fingerprint density at radius 1 is 1.25 bits per heavy atom. The van der Waals surface area contributed by atoms with E-state index >= 15 is 0 Å². The van der Waals surface area contributed by atoms with Crippen molar-refractivity contribution in [3.8, 4) is 5.75 Å². The van der Waals surface area contributed by atoms with Gasteiger partial charge >= 0.3 is 6.09 Å². The van der Waals surface area contributed by atoms with E-state index in [0.717, 1.165) is 0 Å². The standard InChI is InChI=1S/C22H24FN3O6/c1-14(27)24-12-17-13-26(22(29)32-17)15-4-5-19(18(23)11-15)31-16-6-8-25(9-7-16)21(28)20-3-2-10-30-20/h2-5,10-11,16-17H,6-9,12-13H2,1H3,(H,24,27)/t17-/m0/s1. The zero-order valence-electron chi connectivity index (χ0n) is 17.6. The van der Waals surface area contributed by atoms with Crippen LogP contribution in [0.1, 0.15) is 30.3 Å². The van der Waals surface area contributed by atoms with Gasteiger partial charge in [0, 0.05) is 38.9 Å². The second-order valence-electron chi connectivity index (χ2n) is 7.75. The van der Waals surface area contributed by atoms with Crippen molar-refractivity contribution >= 4 is 23.6 Å². The molecule has 1 N–H and O–H groups in total. The first-order chi connectivity index (χ1) is 15.4. The Morgan fingerprint density at radius 2 is 2.03 bits per heavy atom. The Kier molecular flexibility index (Phi) is 6.29. The van der Waals surface area contributed by atoms with E-state index in [-0.39, 0.29) is 36.8 Å². The highest BCUT2D eigenvalue weighted by molar-refractivity contribution is 5.91. The number of carbonyl (C=O) groups is 3. The molecular formula is C22H24FN3O6. The topological polar surface area (TPSA) is 101 Å². The second-order valence-corrected chi connectivity index (χ2v) is 7.75. The number of rotatable bonds is 6. The number of likely N-dealkylation sites (tertiary alicyclic amines) is 1. The van der Waals surface area contributed by atoms with Crippen LogP contribution < -0.4 is 15.0 Å². The van der Waals surface area contributed by atoms with Gasteiger partial charge in [-0.25, -0.2) is 9.18 Å². The molecule has 2 fully saturated rings. The lowest BCUT2D eigenvalue weighted by molar-refractivity contribution is -0.119. The van der Waals surface area contributed by atoms with Crippen molar-refractivity contribution in [2.45, 2.75) is 32.0 Å². The number of nitrogens with zero attached hydrogens (tertiary/aromatic N) is 2. The van der Waals surface area contributed by atoms with Crippen molar-refractivity contribution in [3.63, 3.8) is 0 Å². The van der Waals surface area contributed by atoms with Crippen LogP contribution in [0.25, 0.3) is 0 Å². The Hall–Kier alpha value is -3.56. The zero-order chi connectivity index (χ0) is 22.7. The number of halogens is 1. The number of cyclic esters (lactones) is 1. The van der Waals surface area contributed by atoms with E-state index in [1.54, 1.807) is 23.1 Å². The number of piperidine rings is 1. The molecule has 2 saturated heterocycles. The fourth-order valence-electron chi connectivity index (χ4n) is 3.76. The minimum Gasteiger partial charge on any atom is -0.487 e. The lowest BCUT2D eigenvalue weighted by atomic mass is 10.1. The van der Waals surface area contributed by atoms with Crippen molar-refractivity contribution in [3.05, 3.63) is 48.2 Å². The lowest BCUT2D eigenvalue weighted by Crippen LogP contribution is -2.41. The van der Waals surface area contributed by atoms with Crippen molar-refractivity contribution in [2.24, 2.45) is 0 Å². The summed E-state index contributed by atoms with van der Waals surface area (Å²) in [6.07, 6.45) is 1.27. The number of furan rings is 1. The molecule has 170 valence electrons. The van der Waals surface area contributed by atoms with E-state index in [0.29, 0.717) is 37.4 Å². The number of benzene rings is 1. The summed E-state index contributed by atoms with van der Waals surface area (Å²) in [5.74, 6) is -0.589. The molecule has 0 saturated carbocycles. The summed E-state index contributed by atoms with van der Waals surface area (Å²) >= 11 is 0.